The van der Waals surface area contributed by atoms with Crippen LogP contribution >= 0.6 is 11.6 Å². The lowest BCUT2D eigenvalue weighted by atomic mass is 10.1. The van der Waals surface area contributed by atoms with Crippen LogP contribution in [-0.2, 0) is 14.3 Å². The number of halogens is 2. The largest absolute Gasteiger partial charge is 0.469 e. The molecular weight excluding hydrogens is 299 g/mol. The molecule has 1 unspecified atom stereocenters. The smallest absolute Gasteiger partial charge is 0.310 e. The van der Waals surface area contributed by atoms with Crippen molar-refractivity contribution < 1.29 is 18.7 Å². The molecule has 1 fully saturated rings. The molecule has 1 atom stereocenters. The maximum Gasteiger partial charge on any atom is 0.310 e. The lowest BCUT2D eigenvalue weighted by molar-refractivity contribution is -0.145. The highest BCUT2D eigenvalue weighted by Gasteiger charge is 2.29. The number of nitrogens with zero attached hydrogens (tertiary/aromatic N) is 1. The highest BCUT2D eigenvalue weighted by molar-refractivity contribution is 6.31. The van der Waals surface area contributed by atoms with E-state index in [0.29, 0.717) is 25.2 Å². The number of nitrogens with one attached hydrogen (secondary N) is 1. The Hall–Kier alpha value is -1.66. The highest BCUT2D eigenvalue weighted by Crippen LogP contribution is 2.20. The van der Waals surface area contributed by atoms with Crippen molar-refractivity contribution in [1.29, 1.82) is 0 Å². The van der Waals surface area contributed by atoms with E-state index in [4.69, 9.17) is 16.3 Å². The van der Waals surface area contributed by atoms with Gasteiger partial charge < -0.3 is 10.1 Å². The fourth-order valence-electron chi connectivity index (χ4n) is 2.31. The van der Waals surface area contributed by atoms with Crippen LogP contribution in [0.1, 0.15) is 6.42 Å². The summed E-state index contributed by atoms with van der Waals surface area (Å²) in [6, 6.07) is 4.00. The maximum atomic E-state index is 13.0. The first-order valence-corrected chi connectivity index (χ1v) is 6.92. The third kappa shape index (κ3) is 4.15. The standard InChI is InChI=1S/C14H16ClFN2O3/c1-21-14(20)9-4-5-18(7-9)8-13(19)17-10-2-3-12(16)11(15)6-10/h2-3,6,9H,4-5,7-8H2,1H3,(H,17,19). The van der Waals surface area contributed by atoms with E-state index >= 15 is 0 Å². The first-order chi connectivity index (χ1) is 9.99. The number of methoxy groups -OCH3 is 1. The van der Waals surface area contributed by atoms with Gasteiger partial charge in [-0.2, -0.15) is 0 Å². The molecule has 0 spiro atoms. The van der Waals surface area contributed by atoms with Crippen LogP contribution in [0.5, 0.6) is 0 Å². The summed E-state index contributed by atoms with van der Waals surface area (Å²) in [6.45, 7) is 1.34. The van der Waals surface area contributed by atoms with Crippen LogP contribution in [0, 0.1) is 11.7 Å². The van der Waals surface area contributed by atoms with E-state index < -0.39 is 5.82 Å². The monoisotopic (exact) mass is 314 g/mol. The number of hydrogen-bond acceptors (Lipinski definition) is 4. The number of hydrogen-bond donors (Lipinski definition) is 1. The van der Waals surface area contributed by atoms with Gasteiger partial charge in [0.15, 0.2) is 0 Å². The van der Waals surface area contributed by atoms with Gasteiger partial charge in [-0.05, 0) is 31.2 Å². The molecule has 1 N–H and O–H groups in total. The number of esters is 1. The summed E-state index contributed by atoms with van der Waals surface area (Å²) in [7, 11) is 1.36. The van der Waals surface area contributed by atoms with E-state index in [1.807, 2.05) is 4.90 Å². The third-order valence-electron chi connectivity index (χ3n) is 3.38. The minimum atomic E-state index is -0.532. The molecule has 1 aromatic carbocycles. The molecule has 2 rings (SSSR count). The van der Waals surface area contributed by atoms with Gasteiger partial charge in [-0.3, -0.25) is 14.5 Å². The first-order valence-electron chi connectivity index (χ1n) is 6.54. The molecule has 1 aliphatic rings. The van der Waals surface area contributed by atoms with Crippen molar-refractivity contribution in [1.82, 2.24) is 4.90 Å². The maximum absolute atomic E-state index is 13.0. The molecule has 1 aromatic rings. The fourth-order valence-corrected chi connectivity index (χ4v) is 2.49. The first kappa shape index (κ1) is 15.7. The van der Waals surface area contributed by atoms with Crippen molar-refractivity contribution in [3.8, 4) is 0 Å². The number of ether oxygens (including phenoxy) is 1. The van der Waals surface area contributed by atoms with Gasteiger partial charge >= 0.3 is 5.97 Å². The summed E-state index contributed by atoms with van der Waals surface area (Å²) in [4.78, 5) is 25.2. The fraction of sp³-hybridized carbons (Fsp3) is 0.429. The Kier molecular flexibility index (Phi) is 5.14. The van der Waals surface area contributed by atoms with Gasteiger partial charge in [-0.25, -0.2) is 4.39 Å². The molecule has 5 nitrogen and oxygen atoms in total. The Morgan fingerprint density at radius 3 is 2.95 bits per heavy atom. The topological polar surface area (TPSA) is 58.6 Å². The molecule has 1 heterocycles. The van der Waals surface area contributed by atoms with Crippen LogP contribution in [-0.4, -0.2) is 43.5 Å². The zero-order valence-corrected chi connectivity index (χ0v) is 12.3. The number of carbonyl (C=O) groups is 2. The molecule has 1 amide bonds. The molecule has 0 bridgehead atoms. The Labute approximate surface area is 127 Å². The van der Waals surface area contributed by atoms with Crippen molar-refractivity contribution in [3.63, 3.8) is 0 Å². The lowest BCUT2D eigenvalue weighted by Crippen LogP contribution is -2.32. The predicted octanol–water partition coefficient (Wildman–Crippen LogP) is 1.91. The number of rotatable bonds is 4. The average Bonchev–Trinajstić information content (AvgIpc) is 2.90. The molecular formula is C14H16ClFN2O3. The lowest BCUT2D eigenvalue weighted by Gasteiger charge is -2.15. The molecule has 1 aliphatic heterocycles. The van der Waals surface area contributed by atoms with Crippen molar-refractivity contribution >= 4 is 29.2 Å². The van der Waals surface area contributed by atoms with E-state index in [-0.39, 0.29) is 29.4 Å². The van der Waals surface area contributed by atoms with Crippen molar-refractivity contribution in [2.75, 3.05) is 32.1 Å². The van der Waals surface area contributed by atoms with Crippen molar-refractivity contribution in [3.05, 3.63) is 29.0 Å². The second-order valence-electron chi connectivity index (χ2n) is 4.92. The van der Waals surface area contributed by atoms with E-state index in [2.05, 4.69) is 5.32 Å². The molecule has 0 radical (unpaired) electrons. The summed E-state index contributed by atoms with van der Waals surface area (Å²) < 4.78 is 17.7. The molecule has 1 saturated heterocycles. The zero-order chi connectivity index (χ0) is 15.4. The number of carbonyl (C=O) groups excluding carboxylic acids is 2. The Morgan fingerprint density at radius 1 is 1.52 bits per heavy atom. The normalized spacial score (nSPS) is 18.5. The minimum Gasteiger partial charge on any atom is -0.469 e. The summed E-state index contributed by atoms with van der Waals surface area (Å²) in [6.07, 6.45) is 0.683. The average molecular weight is 315 g/mol. The van der Waals surface area contributed by atoms with E-state index in [1.54, 1.807) is 0 Å². The van der Waals surface area contributed by atoms with Gasteiger partial charge in [0.05, 0.1) is 24.6 Å². The van der Waals surface area contributed by atoms with Gasteiger partial charge in [-0.15, -0.1) is 0 Å². The number of amides is 1. The summed E-state index contributed by atoms with van der Waals surface area (Å²) >= 11 is 5.65. The molecule has 0 aromatic heterocycles. The summed E-state index contributed by atoms with van der Waals surface area (Å²) in [5.74, 6) is -1.19. The van der Waals surface area contributed by atoms with Crippen LogP contribution in [0.15, 0.2) is 18.2 Å². The Balaban J connectivity index is 1.85. The Morgan fingerprint density at radius 2 is 2.29 bits per heavy atom. The molecule has 0 saturated carbocycles. The van der Waals surface area contributed by atoms with Gasteiger partial charge in [0.1, 0.15) is 5.82 Å². The second kappa shape index (κ2) is 6.87. The number of anilines is 1. The van der Waals surface area contributed by atoms with Crippen LogP contribution in [0.2, 0.25) is 5.02 Å². The number of benzene rings is 1. The van der Waals surface area contributed by atoms with Crippen molar-refractivity contribution in [2.24, 2.45) is 5.92 Å². The van der Waals surface area contributed by atoms with Crippen LogP contribution in [0.25, 0.3) is 0 Å². The van der Waals surface area contributed by atoms with Crippen LogP contribution in [0.3, 0.4) is 0 Å². The van der Waals surface area contributed by atoms with Crippen molar-refractivity contribution in [2.45, 2.75) is 6.42 Å². The molecule has 7 heteroatoms. The predicted molar refractivity (Wildman–Crippen MR) is 76.6 cm³/mol. The molecule has 114 valence electrons. The summed E-state index contributed by atoms with van der Waals surface area (Å²) in [5.41, 5.74) is 0.440. The minimum absolute atomic E-state index is 0.0419. The van der Waals surface area contributed by atoms with Crippen LogP contribution < -0.4 is 5.32 Å². The van der Waals surface area contributed by atoms with E-state index in [9.17, 15) is 14.0 Å². The van der Waals surface area contributed by atoms with E-state index in [0.717, 1.165) is 0 Å². The highest BCUT2D eigenvalue weighted by atomic mass is 35.5. The van der Waals surface area contributed by atoms with Gasteiger partial charge in [0, 0.05) is 12.2 Å². The van der Waals surface area contributed by atoms with Gasteiger partial charge in [-0.1, -0.05) is 11.6 Å². The quantitative estimate of drug-likeness (QED) is 0.863. The molecule has 21 heavy (non-hydrogen) atoms. The Bertz CT molecular complexity index is 553. The molecule has 0 aliphatic carbocycles. The third-order valence-corrected chi connectivity index (χ3v) is 3.67. The van der Waals surface area contributed by atoms with Gasteiger partial charge in [0.25, 0.3) is 0 Å². The zero-order valence-electron chi connectivity index (χ0n) is 11.6. The second-order valence-corrected chi connectivity index (χ2v) is 5.33. The van der Waals surface area contributed by atoms with E-state index in [1.165, 1.54) is 25.3 Å². The van der Waals surface area contributed by atoms with Gasteiger partial charge in [0.2, 0.25) is 5.91 Å². The summed E-state index contributed by atoms with van der Waals surface area (Å²) in [5, 5.41) is 2.61. The number of likely N-dealkylation sites (tertiary alicyclic amines) is 1. The van der Waals surface area contributed by atoms with Crippen LogP contribution in [0.4, 0.5) is 10.1 Å². The SMILES string of the molecule is COC(=O)C1CCN(CC(=O)Nc2ccc(F)c(Cl)c2)C1.